The highest BCUT2D eigenvalue weighted by molar-refractivity contribution is 7.14. The zero-order valence-corrected chi connectivity index (χ0v) is 11.7. The smallest absolute Gasteiger partial charge is 0.0862 e. The van der Waals surface area contributed by atoms with Gasteiger partial charge in [0, 0.05) is 5.38 Å². The minimum Gasteiger partial charge on any atom is -0.391 e. The van der Waals surface area contributed by atoms with Crippen molar-refractivity contribution in [3.8, 4) is 11.1 Å². The fourth-order valence-corrected chi connectivity index (χ4v) is 2.60. The number of nitrogen functional groups attached to an aromatic ring is 1. The number of benzene rings is 1. The number of nitrogens with two attached hydrogens (primary N) is 1. The standard InChI is InChI=1S/C15H19NS/c1-10-7-12(15(2,3)4)5-6-13(10)11-8-14(16)17-9-11/h5-9H,16H2,1-4H3. The van der Waals surface area contributed by atoms with Gasteiger partial charge in [0.15, 0.2) is 0 Å². The molecule has 0 atom stereocenters. The van der Waals surface area contributed by atoms with Crippen LogP contribution in [0, 0.1) is 6.92 Å². The quantitative estimate of drug-likeness (QED) is 0.780. The van der Waals surface area contributed by atoms with Crippen LogP contribution in [0.1, 0.15) is 31.9 Å². The van der Waals surface area contributed by atoms with Crippen LogP contribution in [0.25, 0.3) is 11.1 Å². The number of hydrogen-bond acceptors (Lipinski definition) is 2. The summed E-state index contributed by atoms with van der Waals surface area (Å²) < 4.78 is 0. The molecule has 2 aromatic rings. The summed E-state index contributed by atoms with van der Waals surface area (Å²) in [7, 11) is 0. The first kappa shape index (κ1) is 12.2. The van der Waals surface area contributed by atoms with Crippen molar-refractivity contribution >= 4 is 16.3 Å². The van der Waals surface area contributed by atoms with Crippen LogP contribution in [-0.2, 0) is 5.41 Å². The Morgan fingerprint density at radius 2 is 1.82 bits per heavy atom. The van der Waals surface area contributed by atoms with Crippen molar-refractivity contribution in [2.45, 2.75) is 33.1 Å². The van der Waals surface area contributed by atoms with Crippen molar-refractivity contribution in [3.63, 3.8) is 0 Å². The molecule has 1 heterocycles. The molecule has 0 fully saturated rings. The van der Waals surface area contributed by atoms with Gasteiger partial charge < -0.3 is 5.73 Å². The molecule has 1 aromatic carbocycles. The Labute approximate surface area is 107 Å². The SMILES string of the molecule is Cc1cc(C(C)(C)C)ccc1-c1csc(N)c1. The van der Waals surface area contributed by atoms with Crippen molar-refractivity contribution in [1.82, 2.24) is 0 Å². The number of hydrogen-bond donors (Lipinski definition) is 1. The van der Waals surface area contributed by atoms with Crippen molar-refractivity contribution in [2.75, 3.05) is 5.73 Å². The minimum atomic E-state index is 0.205. The van der Waals surface area contributed by atoms with Crippen molar-refractivity contribution < 1.29 is 0 Å². The van der Waals surface area contributed by atoms with E-state index in [0.29, 0.717) is 0 Å². The molecular formula is C15H19NS. The van der Waals surface area contributed by atoms with E-state index in [2.05, 4.69) is 51.3 Å². The lowest BCUT2D eigenvalue weighted by Gasteiger charge is -2.20. The molecule has 1 aromatic heterocycles. The summed E-state index contributed by atoms with van der Waals surface area (Å²) in [5.41, 5.74) is 11.2. The van der Waals surface area contributed by atoms with Crippen molar-refractivity contribution in [1.29, 1.82) is 0 Å². The summed E-state index contributed by atoms with van der Waals surface area (Å²) >= 11 is 1.60. The maximum Gasteiger partial charge on any atom is 0.0862 e. The summed E-state index contributed by atoms with van der Waals surface area (Å²) in [6.45, 7) is 8.89. The maximum absolute atomic E-state index is 5.78. The summed E-state index contributed by atoms with van der Waals surface area (Å²) in [4.78, 5) is 0. The lowest BCUT2D eigenvalue weighted by molar-refractivity contribution is 0.590. The van der Waals surface area contributed by atoms with E-state index in [1.54, 1.807) is 11.3 Å². The predicted molar refractivity (Wildman–Crippen MR) is 77.6 cm³/mol. The van der Waals surface area contributed by atoms with E-state index in [-0.39, 0.29) is 5.41 Å². The van der Waals surface area contributed by atoms with E-state index >= 15 is 0 Å². The highest BCUT2D eigenvalue weighted by atomic mass is 32.1. The van der Waals surface area contributed by atoms with E-state index in [9.17, 15) is 0 Å². The number of aryl methyl sites for hydroxylation is 1. The molecule has 0 saturated carbocycles. The molecule has 0 unspecified atom stereocenters. The molecule has 0 radical (unpaired) electrons. The molecule has 0 aliphatic carbocycles. The van der Waals surface area contributed by atoms with E-state index in [4.69, 9.17) is 5.73 Å². The molecule has 2 rings (SSSR count). The third kappa shape index (κ3) is 2.52. The molecule has 17 heavy (non-hydrogen) atoms. The Bertz CT molecular complexity index is 532. The average Bonchev–Trinajstić information content (AvgIpc) is 2.63. The molecular weight excluding hydrogens is 226 g/mol. The van der Waals surface area contributed by atoms with Gasteiger partial charge in [0.1, 0.15) is 0 Å². The van der Waals surface area contributed by atoms with Gasteiger partial charge >= 0.3 is 0 Å². The molecule has 1 nitrogen and oxygen atoms in total. The molecule has 0 spiro atoms. The van der Waals surface area contributed by atoms with E-state index in [1.807, 2.05) is 6.07 Å². The predicted octanol–water partition coefficient (Wildman–Crippen LogP) is 4.60. The maximum atomic E-state index is 5.78. The number of thiophene rings is 1. The normalized spacial score (nSPS) is 11.8. The Hall–Kier alpha value is -1.28. The van der Waals surface area contributed by atoms with Gasteiger partial charge in [-0.05, 0) is 40.7 Å². The second-order valence-electron chi connectivity index (χ2n) is 5.52. The molecule has 0 aliphatic heterocycles. The highest BCUT2D eigenvalue weighted by Crippen LogP contribution is 2.32. The minimum absolute atomic E-state index is 0.205. The third-order valence-corrected chi connectivity index (χ3v) is 3.78. The Kier molecular flexibility index (Phi) is 3.00. The largest absolute Gasteiger partial charge is 0.391 e. The van der Waals surface area contributed by atoms with Crippen LogP contribution in [0.3, 0.4) is 0 Å². The molecule has 2 heteroatoms. The lowest BCUT2D eigenvalue weighted by Crippen LogP contribution is -2.11. The molecule has 90 valence electrons. The van der Waals surface area contributed by atoms with Crippen LogP contribution in [0.5, 0.6) is 0 Å². The lowest BCUT2D eigenvalue weighted by atomic mass is 9.85. The van der Waals surface area contributed by atoms with Crippen LogP contribution >= 0.6 is 11.3 Å². The summed E-state index contributed by atoms with van der Waals surface area (Å²) in [5.74, 6) is 0. The van der Waals surface area contributed by atoms with Crippen molar-refractivity contribution in [2.24, 2.45) is 0 Å². The molecule has 0 amide bonds. The van der Waals surface area contributed by atoms with Crippen LogP contribution in [-0.4, -0.2) is 0 Å². The second-order valence-corrected chi connectivity index (χ2v) is 6.46. The van der Waals surface area contributed by atoms with Gasteiger partial charge in [-0.15, -0.1) is 11.3 Å². The zero-order valence-electron chi connectivity index (χ0n) is 10.9. The Morgan fingerprint density at radius 3 is 2.29 bits per heavy atom. The zero-order chi connectivity index (χ0) is 12.6. The summed E-state index contributed by atoms with van der Waals surface area (Å²) in [6.07, 6.45) is 0. The molecule has 0 saturated heterocycles. The topological polar surface area (TPSA) is 26.0 Å². The summed E-state index contributed by atoms with van der Waals surface area (Å²) in [6, 6.07) is 8.75. The Morgan fingerprint density at radius 1 is 1.12 bits per heavy atom. The second kappa shape index (κ2) is 4.19. The highest BCUT2D eigenvalue weighted by Gasteiger charge is 2.15. The first-order valence-corrected chi connectivity index (χ1v) is 6.71. The van der Waals surface area contributed by atoms with Crippen LogP contribution in [0.15, 0.2) is 29.6 Å². The fourth-order valence-electron chi connectivity index (χ4n) is 1.95. The van der Waals surface area contributed by atoms with Gasteiger partial charge in [0.25, 0.3) is 0 Å². The number of anilines is 1. The van der Waals surface area contributed by atoms with Gasteiger partial charge in [-0.1, -0.05) is 39.0 Å². The van der Waals surface area contributed by atoms with Crippen LogP contribution < -0.4 is 5.73 Å². The monoisotopic (exact) mass is 245 g/mol. The van der Waals surface area contributed by atoms with Gasteiger partial charge in [-0.25, -0.2) is 0 Å². The first-order chi connectivity index (χ1) is 7.88. The average molecular weight is 245 g/mol. The van der Waals surface area contributed by atoms with Crippen LogP contribution in [0.2, 0.25) is 0 Å². The van der Waals surface area contributed by atoms with E-state index in [0.717, 1.165) is 5.00 Å². The Balaban J connectivity index is 2.45. The van der Waals surface area contributed by atoms with E-state index < -0.39 is 0 Å². The molecule has 2 N–H and O–H groups in total. The van der Waals surface area contributed by atoms with Crippen molar-refractivity contribution in [3.05, 3.63) is 40.8 Å². The van der Waals surface area contributed by atoms with Gasteiger partial charge in [0.05, 0.1) is 5.00 Å². The number of rotatable bonds is 1. The summed E-state index contributed by atoms with van der Waals surface area (Å²) in [5, 5.41) is 2.99. The molecule has 0 bridgehead atoms. The van der Waals surface area contributed by atoms with Gasteiger partial charge in [0.2, 0.25) is 0 Å². The van der Waals surface area contributed by atoms with Gasteiger partial charge in [-0.2, -0.15) is 0 Å². The molecule has 0 aliphatic rings. The third-order valence-electron chi connectivity index (χ3n) is 3.02. The first-order valence-electron chi connectivity index (χ1n) is 5.83. The van der Waals surface area contributed by atoms with Crippen LogP contribution in [0.4, 0.5) is 5.00 Å². The van der Waals surface area contributed by atoms with E-state index in [1.165, 1.54) is 22.3 Å². The van der Waals surface area contributed by atoms with Gasteiger partial charge in [-0.3, -0.25) is 0 Å². The fraction of sp³-hybridized carbons (Fsp3) is 0.333.